The normalized spacial score (nSPS) is 13.7. The lowest BCUT2D eigenvalue weighted by molar-refractivity contribution is -0.116. The third-order valence-electron chi connectivity index (χ3n) is 3.60. The van der Waals surface area contributed by atoms with Crippen molar-refractivity contribution >= 4 is 50.2 Å². The molecule has 0 saturated carbocycles. The number of hydrogen-bond acceptors (Lipinski definition) is 4. The molecule has 0 unspecified atom stereocenters. The first-order valence-electron chi connectivity index (χ1n) is 6.69. The first-order chi connectivity index (χ1) is 10.0. The lowest BCUT2D eigenvalue weighted by atomic mass is 10.0. The summed E-state index contributed by atoms with van der Waals surface area (Å²) in [5.74, 6) is 0.0612. The molecule has 21 heavy (non-hydrogen) atoms. The number of anilines is 3. The van der Waals surface area contributed by atoms with Crippen molar-refractivity contribution in [3.63, 3.8) is 0 Å². The van der Waals surface area contributed by atoms with E-state index in [9.17, 15) is 4.79 Å². The number of nitrogens with one attached hydrogen (secondary N) is 1. The highest BCUT2D eigenvalue weighted by molar-refractivity contribution is 9.11. The van der Waals surface area contributed by atoms with Gasteiger partial charge < -0.3 is 16.0 Å². The fraction of sp³-hybridized carbons (Fsp3) is 0.267. The molecule has 1 aromatic carbocycles. The minimum Gasteiger partial charge on any atom is -0.397 e. The maximum Gasteiger partial charge on any atom is 0.224 e. The number of amides is 1. The van der Waals surface area contributed by atoms with E-state index in [1.54, 1.807) is 11.3 Å². The maximum absolute atomic E-state index is 11.4. The lowest BCUT2D eigenvalue weighted by Crippen LogP contribution is -2.22. The number of fused-ring (bicyclic) bond motifs is 1. The number of thiophene rings is 1. The van der Waals surface area contributed by atoms with E-state index in [-0.39, 0.29) is 5.91 Å². The summed E-state index contributed by atoms with van der Waals surface area (Å²) in [6.45, 7) is 0.803. The molecule has 0 spiro atoms. The molecule has 1 aromatic heterocycles. The molecule has 1 aliphatic rings. The van der Waals surface area contributed by atoms with Crippen molar-refractivity contribution in [1.82, 2.24) is 0 Å². The first-order valence-corrected chi connectivity index (χ1v) is 8.36. The van der Waals surface area contributed by atoms with Crippen LogP contribution in [-0.4, -0.2) is 13.0 Å². The van der Waals surface area contributed by atoms with Crippen LogP contribution in [0.2, 0.25) is 0 Å². The summed E-state index contributed by atoms with van der Waals surface area (Å²) < 4.78 is 1.13. The van der Waals surface area contributed by atoms with Gasteiger partial charge in [-0.2, -0.15) is 0 Å². The number of nitrogens with zero attached hydrogens (tertiary/aromatic N) is 1. The number of benzene rings is 1. The summed E-state index contributed by atoms with van der Waals surface area (Å²) in [5.41, 5.74) is 11.1. The largest absolute Gasteiger partial charge is 0.397 e. The van der Waals surface area contributed by atoms with Crippen molar-refractivity contribution in [3.05, 3.63) is 38.5 Å². The number of carbonyl (C=O) groups excluding carboxylic acids is 1. The summed E-state index contributed by atoms with van der Waals surface area (Å²) in [6, 6.07) is 6.07. The van der Waals surface area contributed by atoms with E-state index in [1.807, 2.05) is 13.1 Å². The summed E-state index contributed by atoms with van der Waals surface area (Å²) in [5, 5.41) is 5.01. The summed E-state index contributed by atoms with van der Waals surface area (Å²) in [7, 11) is 2.03. The van der Waals surface area contributed by atoms with Crippen LogP contribution in [0.15, 0.2) is 27.4 Å². The van der Waals surface area contributed by atoms with Crippen molar-refractivity contribution in [3.8, 4) is 0 Å². The monoisotopic (exact) mass is 365 g/mol. The second-order valence-electron chi connectivity index (χ2n) is 5.23. The molecule has 1 aliphatic heterocycles. The predicted octanol–water partition coefficient (Wildman–Crippen LogP) is 3.61. The highest BCUT2D eigenvalue weighted by atomic mass is 79.9. The van der Waals surface area contributed by atoms with E-state index in [2.05, 4.69) is 43.7 Å². The molecular weight excluding hydrogens is 350 g/mol. The topological polar surface area (TPSA) is 58.4 Å². The Kier molecular flexibility index (Phi) is 3.91. The molecule has 0 saturated heterocycles. The van der Waals surface area contributed by atoms with Crippen LogP contribution in [0, 0.1) is 0 Å². The van der Waals surface area contributed by atoms with Gasteiger partial charge in [0.15, 0.2) is 0 Å². The highest BCUT2D eigenvalue weighted by Crippen LogP contribution is 2.33. The Hall–Kier alpha value is -1.53. The Morgan fingerprint density at radius 2 is 2.19 bits per heavy atom. The molecule has 0 fully saturated rings. The third kappa shape index (κ3) is 3.06. The van der Waals surface area contributed by atoms with Gasteiger partial charge in [-0.25, -0.2) is 0 Å². The highest BCUT2D eigenvalue weighted by Gasteiger charge is 2.18. The Bertz CT molecular complexity index is 698. The van der Waals surface area contributed by atoms with E-state index in [1.165, 1.54) is 5.56 Å². The second-order valence-corrected chi connectivity index (χ2v) is 7.52. The van der Waals surface area contributed by atoms with Gasteiger partial charge in [-0.05, 0) is 57.1 Å². The van der Waals surface area contributed by atoms with Gasteiger partial charge in [-0.3, -0.25) is 4.79 Å². The molecule has 3 rings (SSSR count). The molecule has 1 amide bonds. The van der Waals surface area contributed by atoms with Crippen LogP contribution >= 0.6 is 27.3 Å². The van der Waals surface area contributed by atoms with Gasteiger partial charge in [-0.15, -0.1) is 11.3 Å². The Balaban J connectivity index is 1.86. The zero-order chi connectivity index (χ0) is 15.0. The van der Waals surface area contributed by atoms with Crippen molar-refractivity contribution < 1.29 is 4.79 Å². The number of nitrogens with two attached hydrogens (primary N) is 1. The first kappa shape index (κ1) is 14.4. The van der Waals surface area contributed by atoms with Crippen LogP contribution in [0.1, 0.15) is 17.5 Å². The zero-order valence-electron chi connectivity index (χ0n) is 11.6. The molecule has 6 heteroatoms. The summed E-state index contributed by atoms with van der Waals surface area (Å²) >= 11 is 5.16. The van der Waals surface area contributed by atoms with E-state index in [0.29, 0.717) is 12.1 Å². The van der Waals surface area contributed by atoms with Crippen molar-refractivity contribution in [2.24, 2.45) is 0 Å². The predicted molar refractivity (Wildman–Crippen MR) is 91.9 cm³/mol. The van der Waals surface area contributed by atoms with Crippen LogP contribution in [0.25, 0.3) is 0 Å². The van der Waals surface area contributed by atoms with Crippen LogP contribution < -0.4 is 16.0 Å². The fourth-order valence-corrected chi connectivity index (χ4v) is 3.75. The molecule has 0 aliphatic carbocycles. The van der Waals surface area contributed by atoms with E-state index >= 15 is 0 Å². The van der Waals surface area contributed by atoms with E-state index < -0.39 is 0 Å². The molecule has 110 valence electrons. The fourth-order valence-electron chi connectivity index (χ4n) is 2.55. The van der Waals surface area contributed by atoms with Gasteiger partial charge >= 0.3 is 0 Å². The quantitative estimate of drug-likeness (QED) is 0.816. The number of nitrogen functional groups attached to an aromatic ring is 1. The van der Waals surface area contributed by atoms with Crippen LogP contribution in [0.5, 0.6) is 0 Å². The third-order valence-corrected chi connectivity index (χ3v) is 5.15. The van der Waals surface area contributed by atoms with Crippen LogP contribution in [0.3, 0.4) is 0 Å². The molecular formula is C15H16BrN3OS. The van der Waals surface area contributed by atoms with Gasteiger partial charge in [0.05, 0.1) is 15.2 Å². The molecule has 0 bridgehead atoms. The summed E-state index contributed by atoms with van der Waals surface area (Å²) in [6.07, 6.45) is 1.31. The Morgan fingerprint density at radius 3 is 2.90 bits per heavy atom. The van der Waals surface area contributed by atoms with Gasteiger partial charge in [0.2, 0.25) is 5.91 Å². The van der Waals surface area contributed by atoms with Gasteiger partial charge in [-0.1, -0.05) is 0 Å². The van der Waals surface area contributed by atoms with Crippen LogP contribution in [0.4, 0.5) is 17.1 Å². The molecule has 3 N–H and O–H groups in total. The van der Waals surface area contributed by atoms with Crippen molar-refractivity contribution in [1.29, 1.82) is 0 Å². The minimum atomic E-state index is 0.0612. The molecule has 0 radical (unpaired) electrons. The summed E-state index contributed by atoms with van der Waals surface area (Å²) in [4.78, 5) is 13.6. The minimum absolute atomic E-state index is 0.0612. The van der Waals surface area contributed by atoms with E-state index in [4.69, 9.17) is 5.73 Å². The number of hydrogen-bond donors (Lipinski definition) is 2. The lowest BCUT2D eigenvalue weighted by Gasteiger charge is -2.25. The Morgan fingerprint density at radius 1 is 1.38 bits per heavy atom. The molecule has 0 atom stereocenters. The molecule has 2 heterocycles. The smallest absolute Gasteiger partial charge is 0.224 e. The molecule has 4 nitrogen and oxygen atoms in total. The van der Waals surface area contributed by atoms with Crippen molar-refractivity contribution in [2.45, 2.75) is 19.4 Å². The Labute approximate surface area is 136 Å². The van der Waals surface area contributed by atoms with E-state index in [0.717, 1.165) is 33.7 Å². The van der Waals surface area contributed by atoms with Gasteiger partial charge in [0.25, 0.3) is 0 Å². The van der Waals surface area contributed by atoms with Crippen LogP contribution in [-0.2, 0) is 17.8 Å². The number of carbonyl (C=O) groups is 1. The number of aryl methyl sites for hydroxylation is 1. The number of rotatable bonds is 3. The second kappa shape index (κ2) is 5.69. The average molecular weight is 366 g/mol. The zero-order valence-corrected chi connectivity index (χ0v) is 14.1. The number of halogens is 1. The van der Waals surface area contributed by atoms with Gasteiger partial charge in [0.1, 0.15) is 0 Å². The SMILES string of the molecule is CN(Cc1csc(Br)c1)c1cc2c(cc1N)NC(=O)CC2. The average Bonchev–Trinajstić information content (AvgIpc) is 2.83. The molecule has 2 aromatic rings. The van der Waals surface area contributed by atoms with Crippen molar-refractivity contribution in [2.75, 3.05) is 23.0 Å². The van der Waals surface area contributed by atoms with Gasteiger partial charge in [0, 0.05) is 25.7 Å². The maximum atomic E-state index is 11.4. The standard InChI is InChI=1S/C15H16BrN3OS/c1-19(7-9-4-14(16)21-8-9)13-5-10-2-3-15(20)18-12(10)6-11(13)17/h4-6,8H,2-3,7,17H2,1H3,(H,18,20).